The van der Waals surface area contributed by atoms with Crippen LogP contribution in [0.3, 0.4) is 0 Å². The van der Waals surface area contributed by atoms with E-state index in [9.17, 15) is 9.59 Å². The Labute approximate surface area is 154 Å². The van der Waals surface area contributed by atoms with Crippen molar-refractivity contribution in [3.05, 3.63) is 29.3 Å². The van der Waals surface area contributed by atoms with Crippen LogP contribution in [0.1, 0.15) is 31.9 Å². The largest absolute Gasteiger partial charge is 0.483 e. The Morgan fingerprint density at radius 1 is 1.16 bits per heavy atom. The first-order chi connectivity index (χ1) is 11.7. The average molecular weight is 371 g/mol. The van der Waals surface area contributed by atoms with Gasteiger partial charge in [0.25, 0.3) is 5.91 Å². The van der Waals surface area contributed by atoms with Gasteiger partial charge in [0.1, 0.15) is 12.4 Å². The van der Waals surface area contributed by atoms with Crippen LogP contribution in [0.5, 0.6) is 5.75 Å². The van der Waals surface area contributed by atoms with E-state index in [0.29, 0.717) is 5.75 Å². The molecule has 2 N–H and O–H groups in total. The van der Waals surface area contributed by atoms with Gasteiger partial charge in [0.05, 0.1) is 5.88 Å². The summed E-state index contributed by atoms with van der Waals surface area (Å²) >= 11 is 5.41. The zero-order valence-corrected chi connectivity index (χ0v) is 16.0. The number of ether oxygens (including phenoxy) is 2. The number of carbonyl (C=O) groups is 2. The summed E-state index contributed by atoms with van der Waals surface area (Å²) in [6.07, 6.45) is -0.555. The number of nitrogens with one attached hydrogen (secondary N) is 2. The molecule has 7 heteroatoms. The lowest BCUT2D eigenvalue weighted by atomic mass is 9.85. The molecular formula is C18H27ClN2O4. The van der Waals surface area contributed by atoms with Crippen LogP contribution in [0.25, 0.3) is 0 Å². The zero-order valence-electron chi connectivity index (χ0n) is 15.3. The van der Waals surface area contributed by atoms with Gasteiger partial charge < -0.3 is 20.1 Å². The molecule has 2 amide bonds. The Kier molecular flexibility index (Phi) is 8.55. The van der Waals surface area contributed by atoms with E-state index in [1.54, 1.807) is 0 Å². The Hall–Kier alpha value is -1.95. The molecule has 6 nitrogen and oxygen atoms in total. The summed E-state index contributed by atoms with van der Waals surface area (Å²) in [6, 6.07) is 5.92. The number of carbonyl (C=O) groups excluding carboxylic acids is 2. The van der Waals surface area contributed by atoms with E-state index in [2.05, 4.69) is 37.5 Å². The maximum Gasteiger partial charge on any atom is 0.407 e. The molecule has 0 spiro atoms. The molecule has 25 heavy (non-hydrogen) atoms. The van der Waals surface area contributed by atoms with Crippen molar-refractivity contribution in [1.29, 1.82) is 0 Å². The van der Waals surface area contributed by atoms with E-state index in [-0.39, 0.29) is 43.5 Å². The van der Waals surface area contributed by atoms with Crippen LogP contribution in [0, 0.1) is 6.92 Å². The average Bonchev–Trinajstić information content (AvgIpc) is 2.54. The minimum absolute atomic E-state index is 0.0782. The van der Waals surface area contributed by atoms with Crippen molar-refractivity contribution in [1.82, 2.24) is 10.6 Å². The van der Waals surface area contributed by atoms with Gasteiger partial charge in [-0.05, 0) is 24.0 Å². The quantitative estimate of drug-likeness (QED) is 0.545. The standard InChI is InChI=1S/C18H27ClN2O4/c1-13-5-6-15(14(11-13)18(2,3)4)25-12-16(22)20-8-9-21-17(23)24-10-7-19/h5-6,11H,7-10,12H2,1-4H3,(H,20,22)(H,21,23). The molecule has 0 unspecified atom stereocenters. The summed E-state index contributed by atoms with van der Waals surface area (Å²) in [7, 11) is 0. The van der Waals surface area contributed by atoms with E-state index >= 15 is 0 Å². The predicted octanol–water partition coefficient (Wildman–Crippen LogP) is 2.75. The summed E-state index contributed by atoms with van der Waals surface area (Å²) in [4.78, 5) is 23.1. The molecule has 0 radical (unpaired) electrons. The highest BCUT2D eigenvalue weighted by Crippen LogP contribution is 2.32. The van der Waals surface area contributed by atoms with Crippen molar-refractivity contribution in [3.8, 4) is 5.75 Å². The molecule has 0 atom stereocenters. The Morgan fingerprint density at radius 3 is 2.48 bits per heavy atom. The van der Waals surface area contributed by atoms with Crippen LogP contribution in [0.4, 0.5) is 4.79 Å². The number of hydrogen-bond acceptors (Lipinski definition) is 4. The zero-order chi connectivity index (χ0) is 18.9. The van der Waals surface area contributed by atoms with Crippen molar-refractivity contribution in [2.24, 2.45) is 0 Å². The van der Waals surface area contributed by atoms with Gasteiger partial charge in [-0.15, -0.1) is 11.6 Å². The third-order valence-corrected chi connectivity index (χ3v) is 3.48. The highest BCUT2D eigenvalue weighted by molar-refractivity contribution is 6.18. The summed E-state index contributed by atoms with van der Waals surface area (Å²) in [6.45, 7) is 8.96. The summed E-state index contributed by atoms with van der Waals surface area (Å²) in [5.41, 5.74) is 2.13. The molecule has 0 fully saturated rings. The third-order valence-electron chi connectivity index (χ3n) is 3.33. The highest BCUT2D eigenvalue weighted by Gasteiger charge is 2.19. The number of hydrogen-bond donors (Lipinski definition) is 2. The first kappa shape index (κ1) is 21.1. The normalized spacial score (nSPS) is 10.9. The topological polar surface area (TPSA) is 76.7 Å². The number of alkyl carbamates (subject to hydrolysis) is 1. The van der Waals surface area contributed by atoms with Crippen molar-refractivity contribution < 1.29 is 19.1 Å². The minimum atomic E-state index is -0.555. The fourth-order valence-electron chi connectivity index (χ4n) is 2.10. The van der Waals surface area contributed by atoms with Crippen LogP contribution in [0.15, 0.2) is 18.2 Å². The summed E-state index contributed by atoms with van der Waals surface area (Å²) in [5.74, 6) is 0.698. The number of aryl methyl sites for hydroxylation is 1. The molecule has 1 aromatic carbocycles. The lowest BCUT2D eigenvalue weighted by Gasteiger charge is -2.23. The third kappa shape index (κ3) is 8.12. The number of amides is 2. The molecule has 0 bridgehead atoms. The molecule has 0 aliphatic carbocycles. The number of alkyl halides is 1. The lowest BCUT2D eigenvalue weighted by Crippen LogP contribution is -2.37. The predicted molar refractivity (Wildman–Crippen MR) is 98.5 cm³/mol. The molecule has 0 aromatic heterocycles. The van der Waals surface area contributed by atoms with Gasteiger partial charge in [-0.2, -0.15) is 0 Å². The van der Waals surface area contributed by atoms with Gasteiger partial charge in [0.15, 0.2) is 6.61 Å². The molecule has 0 heterocycles. The van der Waals surface area contributed by atoms with Gasteiger partial charge >= 0.3 is 6.09 Å². The number of rotatable bonds is 8. The maximum atomic E-state index is 11.9. The van der Waals surface area contributed by atoms with Crippen molar-refractivity contribution >= 4 is 23.6 Å². The molecule has 1 rings (SSSR count). The number of benzene rings is 1. The van der Waals surface area contributed by atoms with Crippen LogP contribution >= 0.6 is 11.6 Å². The van der Waals surface area contributed by atoms with Gasteiger partial charge in [0, 0.05) is 13.1 Å². The Bertz CT molecular complexity index is 585. The maximum absolute atomic E-state index is 11.9. The van der Waals surface area contributed by atoms with E-state index < -0.39 is 6.09 Å². The fourth-order valence-corrected chi connectivity index (χ4v) is 2.18. The monoisotopic (exact) mass is 370 g/mol. The van der Waals surface area contributed by atoms with Crippen molar-refractivity contribution in [3.63, 3.8) is 0 Å². The molecule has 0 saturated heterocycles. The summed E-state index contributed by atoms with van der Waals surface area (Å²) < 4.78 is 10.4. The smallest absolute Gasteiger partial charge is 0.407 e. The second-order valence-electron chi connectivity index (χ2n) is 6.64. The van der Waals surface area contributed by atoms with E-state index in [1.807, 2.05) is 19.1 Å². The first-order valence-electron chi connectivity index (χ1n) is 8.21. The molecule has 0 aliphatic heterocycles. The fraction of sp³-hybridized carbons (Fsp3) is 0.556. The van der Waals surface area contributed by atoms with Gasteiger partial charge in [-0.1, -0.05) is 38.5 Å². The van der Waals surface area contributed by atoms with E-state index in [1.165, 1.54) is 0 Å². The van der Waals surface area contributed by atoms with E-state index in [4.69, 9.17) is 21.1 Å². The van der Waals surface area contributed by atoms with Gasteiger partial charge in [0.2, 0.25) is 0 Å². The van der Waals surface area contributed by atoms with Gasteiger partial charge in [-0.3, -0.25) is 4.79 Å². The SMILES string of the molecule is Cc1ccc(OCC(=O)NCCNC(=O)OCCCl)c(C(C)(C)C)c1. The molecule has 0 saturated carbocycles. The van der Waals surface area contributed by atoms with Crippen LogP contribution < -0.4 is 15.4 Å². The second kappa shape index (κ2) is 10.1. The van der Waals surface area contributed by atoms with E-state index in [0.717, 1.165) is 11.1 Å². The molecule has 1 aromatic rings. The van der Waals surface area contributed by atoms with Crippen molar-refractivity contribution in [2.75, 3.05) is 32.2 Å². The first-order valence-corrected chi connectivity index (χ1v) is 8.74. The molecule has 0 aliphatic rings. The van der Waals surface area contributed by atoms with Crippen LogP contribution in [-0.4, -0.2) is 44.2 Å². The minimum Gasteiger partial charge on any atom is -0.483 e. The summed E-state index contributed by atoms with van der Waals surface area (Å²) in [5, 5.41) is 5.18. The molecule has 140 valence electrons. The molecular weight excluding hydrogens is 344 g/mol. The second-order valence-corrected chi connectivity index (χ2v) is 7.02. The van der Waals surface area contributed by atoms with Gasteiger partial charge in [-0.25, -0.2) is 4.79 Å². The highest BCUT2D eigenvalue weighted by atomic mass is 35.5. The lowest BCUT2D eigenvalue weighted by molar-refractivity contribution is -0.123. The van der Waals surface area contributed by atoms with Crippen LogP contribution in [0.2, 0.25) is 0 Å². The Balaban J connectivity index is 2.39. The Morgan fingerprint density at radius 2 is 1.84 bits per heavy atom. The van der Waals surface area contributed by atoms with Crippen LogP contribution in [-0.2, 0) is 14.9 Å². The number of halogens is 1. The van der Waals surface area contributed by atoms with Crippen molar-refractivity contribution in [2.45, 2.75) is 33.1 Å².